The van der Waals surface area contributed by atoms with E-state index in [1.807, 2.05) is 0 Å². The molecule has 0 unspecified atom stereocenters. The number of alkyl halides is 3. The van der Waals surface area contributed by atoms with Gasteiger partial charge in [-0.25, -0.2) is 4.99 Å². The van der Waals surface area contributed by atoms with Gasteiger partial charge in [0.25, 0.3) is 6.02 Å². The Morgan fingerprint density at radius 3 is 2.60 bits per heavy atom. The van der Waals surface area contributed by atoms with Gasteiger partial charge in [0.15, 0.2) is 6.10 Å². The van der Waals surface area contributed by atoms with Gasteiger partial charge in [0.1, 0.15) is 12.2 Å². The summed E-state index contributed by atoms with van der Waals surface area (Å²) in [7, 11) is 0. The van der Waals surface area contributed by atoms with Crippen LogP contribution in [0.15, 0.2) is 4.99 Å². The van der Waals surface area contributed by atoms with E-state index in [9.17, 15) is 28.5 Å². The number of aliphatic hydroxyl groups is 3. The summed E-state index contributed by atoms with van der Waals surface area (Å²) < 4.78 is 43.0. The minimum absolute atomic E-state index is 0.135. The molecule has 2 aliphatic rings. The Morgan fingerprint density at radius 1 is 1.40 bits per heavy atom. The zero-order chi connectivity index (χ0) is 15.1. The lowest BCUT2D eigenvalue weighted by Crippen LogP contribution is -2.59. The number of fused-ring (bicyclic) bond motifs is 1. The second kappa shape index (κ2) is 5.38. The van der Waals surface area contributed by atoms with Gasteiger partial charge in [0.05, 0.1) is 12.1 Å². The molecular weight excluding hydrogens is 281 g/mol. The Hall–Kier alpha value is -1.06. The first-order chi connectivity index (χ1) is 9.25. The summed E-state index contributed by atoms with van der Waals surface area (Å²) in [5, 5.41) is 31.7. The first kappa shape index (κ1) is 15.3. The lowest BCUT2D eigenvalue weighted by Gasteiger charge is -2.40. The first-order valence-corrected chi connectivity index (χ1v) is 6.34. The second-order valence-corrected chi connectivity index (χ2v) is 4.97. The molecule has 2 rings (SSSR count). The first-order valence-electron chi connectivity index (χ1n) is 6.34. The molecule has 0 aromatic rings. The lowest BCUT2D eigenvalue weighted by atomic mass is 9.77. The van der Waals surface area contributed by atoms with Crippen molar-refractivity contribution in [2.75, 3.05) is 6.54 Å². The van der Waals surface area contributed by atoms with Crippen molar-refractivity contribution in [3.63, 3.8) is 0 Å². The molecule has 1 aliphatic heterocycles. The topological polar surface area (TPSA) is 94.3 Å². The van der Waals surface area contributed by atoms with Crippen LogP contribution in [0.2, 0.25) is 0 Å². The minimum atomic E-state index is -4.86. The summed E-state index contributed by atoms with van der Waals surface area (Å²) in [4.78, 5) is 3.93. The van der Waals surface area contributed by atoms with Crippen molar-refractivity contribution in [3.05, 3.63) is 0 Å². The number of hydrogen-bond donors (Lipinski definition) is 4. The Bertz CT molecular complexity index is 390. The van der Waals surface area contributed by atoms with Crippen LogP contribution in [-0.2, 0) is 4.74 Å². The highest BCUT2D eigenvalue weighted by Crippen LogP contribution is 2.37. The molecule has 1 aliphatic carbocycles. The highest BCUT2D eigenvalue weighted by atomic mass is 19.4. The summed E-state index contributed by atoms with van der Waals surface area (Å²) in [6.07, 6.45) is -11.7. The number of nitrogens with one attached hydrogen (secondary N) is 1. The molecule has 0 aromatic heterocycles. The molecule has 0 amide bonds. The van der Waals surface area contributed by atoms with Crippen LogP contribution < -0.4 is 5.32 Å². The van der Waals surface area contributed by atoms with E-state index in [1.165, 1.54) is 0 Å². The van der Waals surface area contributed by atoms with E-state index in [1.54, 1.807) is 6.92 Å². The van der Waals surface area contributed by atoms with E-state index in [2.05, 4.69) is 10.3 Å². The van der Waals surface area contributed by atoms with E-state index < -0.39 is 42.6 Å². The molecule has 0 radical (unpaired) electrons. The van der Waals surface area contributed by atoms with Crippen LogP contribution in [0.5, 0.6) is 0 Å². The molecule has 1 heterocycles. The maximum Gasteiger partial charge on any atom is 0.414 e. The smallest absolute Gasteiger partial charge is 0.414 e. The van der Waals surface area contributed by atoms with E-state index in [-0.39, 0.29) is 12.4 Å². The van der Waals surface area contributed by atoms with Crippen LogP contribution in [0.4, 0.5) is 13.2 Å². The van der Waals surface area contributed by atoms with Gasteiger partial charge in [0, 0.05) is 12.5 Å². The fourth-order valence-electron chi connectivity index (χ4n) is 2.64. The molecule has 0 spiro atoms. The molecule has 20 heavy (non-hydrogen) atoms. The number of rotatable bonds is 2. The van der Waals surface area contributed by atoms with E-state index in [4.69, 9.17) is 4.74 Å². The number of aliphatic imine (C=N–C) groups is 1. The minimum Gasteiger partial charge on any atom is -0.460 e. The molecule has 4 N–H and O–H groups in total. The van der Waals surface area contributed by atoms with Crippen molar-refractivity contribution in [1.82, 2.24) is 5.32 Å². The molecule has 0 aromatic carbocycles. The number of ether oxygens (including phenoxy) is 1. The maximum atomic E-state index is 12.6. The Kier molecular flexibility index (Phi) is 4.12. The molecule has 2 fully saturated rings. The number of amidine groups is 1. The van der Waals surface area contributed by atoms with Gasteiger partial charge >= 0.3 is 6.18 Å². The zero-order valence-electron chi connectivity index (χ0n) is 10.7. The fourth-order valence-corrected chi connectivity index (χ4v) is 2.64. The highest BCUT2D eigenvalue weighted by Gasteiger charge is 2.55. The molecule has 1 saturated carbocycles. The SMILES string of the molecule is CCN=C1N[C@@H]2[C@@H](O)[C@H](O)[C@@H]([C@@H](O)C(F)(F)F)C[C@@H]2O1. The number of nitrogens with zero attached hydrogens (tertiary/aromatic N) is 1. The molecular formula is C11H17F3N2O4. The number of hydrogen-bond acceptors (Lipinski definition) is 5. The third-order valence-corrected chi connectivity index (χ3v) is 3.66. The van der Waals surface area contributed by atoms with Crippen LogP contribution in [0.3, 0.4) is 0 Å². The van der Waals surface area contributed by atoms with Crippen LogP contribution in [0.1, 0.15) is 13.3 Å². The summed E-state index contributed by atoms with van der Waals surface area (Å²) >= 11 is 0. The largest absolute Gasteiger partial charge is 0.460 e. The standard InChI is InChI=1S/C11H17F3N2O4/c1-2-15-10-16-6-5(20-10)3-4(7(17)8(6)18)9(19)11(12,13)14/h4-9,17-19H,2-3H2,1H3,(H,15,16)/t4-,5-,6-,7+,8+,9+/m0/s1. The Morgan fingerprint density at radius 2 is 2.05 bits per heavy atom. The third kappa shape index (κ3) is 2.70. The Balaban J connectivity index is 2.15. The van der Waals surface area contributed by atoms with Crippen LogP contribution in [-0.4, -0.2) is 64.5 Å². The van der Waals surface area contributed by atoms with Gasteiger partial charge in [-0.1, -0.05) is 0 Å². The summed E-state index contributed by atoms with van der Waals surface area (Å²) in [5.41, 5.74) is 0. The van der Waals surface area contributed by atoms with Crippen molar-refractivity contribution in [1.29, 1.82) is 0 Å². The van der Waals surface area contributed by atoms with Gasteiger partial charge in [-0.05, 0) is 13.3 Å². The highest BCUT2D eigenvalue weighted by molar-refractivity contribution is 5.76. The fraction of sp³-hybridized carbons (Fsp3) is 0.909. The summed E-state index contributed by atoms with van der Waals surface area (Å²) in [5.74, 6) is -1.53. The van der Waals surface area contributed by atoms with Crippen LogP contribution >= 0.6 is 0 Å². The zero-order valence-corrected chi connectivity index (χ0v) is 10.7. The molecule has 6 atom stereocenters. The van der Waals surface area contributed by atoms with Crippen molar-refractivity contribution < 1.29 is 33.2 Å². The van der Waals surface area contributed by atoms with Gasteiger partial charge in [-0.3, -0.25) is 0 Å². The molecule has 0 bridgehead atoms. The van der Waals surface area contributed by atoms with Gasteiger partial charge in [-0.15, -0.1) is 0 Å². The van der Waals surface area contributed by atoms with Crippen LogP contribution in [0.25, 0.3) is 0 Å². The van der Waals surface area contributed by atoms with Gasteiger partial charge < -0.3 is 25.4 Å². The van der Waals surface area contributed by atoms with Gasteiger partial charge in [0.2, 0.25) is 0 Å². The van der Waals surface area contributed by atoms with Crippen molar-refractivity contribution in [2.45, 2.75) is 50.0 Å². The maximum absolute atomic E-state index is 12.6. The molecule has 116 valence electrons. The normalized spacial score (nSPS) is 41.0. The summed E-state index contributed by atoms with van der Waals surface area (Å²) in [6, 6.07) is -0.595. The summed E-state index contributed by atoms with van der Waals surface area (Å²) in [6.45, 7) is 2.16. The average molecular weight is 298 g/mol. The van der Waals surface area contributed by atoms with Crippen molar-refractivity contribution >= 4 is 6.02 Å². The average Bonchev–Trinajstić information content (AvgIpc) is 2.75. The predicted molar refractivity (Wildman–Crippen MR) is 62.0 cm³/mol. The van der Waals surface area contributed by atoms with E-state index >= 15 is 0 Å². The monoisotopic (exact) mass is 298 g/mol. The van der Waals surface area contributed by atoms with Crippen LogP contribution in [0, 0.1) is 5.92 Å². The second-order valence-electron chi connectivity index (χ2n) is 4.97. The molecule has 9 heteroatoms. The lowest BCUT2D eigenvalue weighted by molar-refractivity contribution is -0.243. The van der Waals surface area contributed by atoms with Crippen molar-refractivity contribution in [2.24, 2.45) is 10.9 Å². The van der Waals surface area contributed by atoms with Gasteiger partial charge in [-0.2, -0.15) is 13.2 Å². The molecule has 6 nitrogen and oxygen atoms in total. The third-order valence-electron chi connectivity index (χ3n) is 3.66. The van der Waals surface area contributed by atoms with E-state index in [0.717, 1.165) is 0 Å². The molecule has 1 saturated heterocycles. The number of halogens is 3. The predicted octanol–water partition coefficient (Wildman–Crippen LogP) is -0.616. The Labute approximate surface area is 113 Å². The number of aliphatic hydroxyl groups excluding tert-OH is 3. The van der Waals surface area contributed by atoms with E-state index in [0.29, 0.717) is 6.54 Å². The quantitative estimate of drug-likeness (QED) is 0.545. The van der Waals surface area contributed by atoms with Crippen molar-refractivity contribution in [3.8, 4) is 0 Å².